The summed E-state index contributed by atoms with van der Waals surface area (Å²) in [6.07, 6.45) is 0. The van der Waals surface area contributed by atoms with E-state index in [1.54, 1.807) is 0 Å². The summed E-state index contributed by atoms with van der Waals surface area (Å²) in [5, 5.41) is 0. The maximum atomic E-state index is 13.4. The van der Waals surface area contributed by atoms with Crippen LogP contribution in [0, 0.1) is 29.1 Å². The smallest absolute Gasteiger partial charge is 0.200 e. The molecule has 1 heterocycles. The fraction of sp³-hybridized carbons (Fsp3) is 0.455. The van der Waals surface area contributed by atoms with E-state index in [4.69, 9.17) is 4.74 Å². The fourth-order valence-electron chi connectivity index (χ4n) is 1.89. The Balaban J connectivity index is 2.32. The number of morpholine rings is 1. The van der Waals surface area contributed by atoms with E-state index in [1.807, 2.05) is 0 Å². The average molecular weight is 268 g/mol. The maximum absolute atomic E-state index is 13.4. The van der Waals surface area contributed by atoms with Gasteiger partial charge in [0.25, 0.3) is 0 Å². The number of hydrogen-bond acceptors (Lipinski definition) is 1. The molecule has 7 heteroatoms. The van der Waals surface area contributed by atoms with Crippen molar-refractivity contribution in [2.75, 3.05) is 26.3 Å². The highest BCUT2D eigenvalue weighted by Gasteiger charge is 2.28. The van der Waals surface area contributed by atoms with Gasteiger partial charge in [0.1, 0.15) is 19.6 Å². The number of ether oxygens (including phenoxy) is 1. The second-order valence-corrected chi connectivity index (χ2v) is 4.09. The zero-order valence-corrected chi connectivity index (χ0v) is 9.33. The summed E-state index contributed by atoms with van der Waals surface area (Å²) in [4.78, 5) is 0.726. The Morgan fingerprint density at radius 2 is 1.22 bits per heavy atom. The molecule has 0 saturated carbocycles. The molecule has 1 aliphatic heterocycles. The first kappa shape index (κ1) is 13.2. The highest BCUT2D eigenvalue weighted by molar-refractivity contribution is 5.23. The van der Waals surface area contributed by atoms with Crippen molar-refractivity contribution in [3.63, 3.8) is 0 Å². The minimum absolute atomic E-state index is 0.241. The van der Waals surface area contributed by atoms with Crippen LogP contribution in [-0.2, 0) is 11.3 Å². The van der Waals surface area contributed by atoms with Crippen LogP contribution >= 0.6 is 0 Å². The van der Waals surface area contributed by atoms with Gasteiger partial charge in [-0.2, -0.15) is 0 Å². The first-order valence-electron chi connectivity index (χ1n) is 5.44. The molecule has 0 aromatic heterocycles. The summed E-state index contributed by atoms with van der Waals surface area (Å²) in [7, 11) is 0. The Kier molecular flexibility index (Phi) is 3.82. The molecule has 2 nitrogen and oxygen atoms in total. The van der Waals surface area contributed by atoms with Crippen molar-refractivity contribution in [2.24, 2.45) is 0 Å². The van der Waals surface area contributed by atoms with Gasteiger partial charge in [-0.25, -0.2) is 22.0 Å². The van der Waals surface area contributed by atoms with Crippen molar-refractivity contribution >= 4 is 0 Å². The van der Waals surface area contributed by atoms with Crippen LogP contribution in [0.4, 0.5) is 22.0 Å². The van der Waals surface area contributed by atoms with Gasteiger partial charge in [0.05, 0.1) is 18.8 Å². The van der Waals surface area contributed by atoms with E-state index in [-0.39, 0.29) is 6.54 Å². The minimum Gasteiger partial charge on any atom is -0.370 e. The number of quaternary nitrogens is 1. The zero-order valence-electron chi connectivity index (χ0n) is 9.33. The lowest BCUT2D eigenvalue weighted by Gasteiger charge is -2.24. The van der Waals surface area contributed by atoms with Gasteiger partial charge in [0, 0.05) is 0 Å². The van der Waals surface area contributed by atoms with Crippen LogP contribution in [0.2, 0.25) is 0 Å². The maximum Gasteiger partial charge on any atom is 0.200 e. The van der Waals surface area contributed by atoms with Crippen molar-refractivity contribution in [2.45, 2.75) is 6.54 Å². The molecule has 0 aliphatic carbocycles. The standard InChI is InChI=1S/C11H10F5NO/c12-7-6(5-17-1-3-18-4-2-17)8(13)10(15)11(16)9(7)14/h1-5H2/p+1. The van der Waals surface area contributed by atoms with E-state index in [9.17, 15) is 22.0 Å². The lowest BCUT2D eigenvalue weighted by molar-refractivity contribution is -0.921. The van der Waals surface area contributed by atoms with Gasteiger partial charge in [0.15, 0.2) is 23.3 Å². The molecule has 1 fully saturated rings. The van der Waals surface area contributed by atoms with Gasteiger partial charge < -0.3 is 9.64 Å². The molecular weight excluding hydrogens is 257 g/mol. The molecule has 1 aromatic rings. The van der Waals surface area contributed by atoms with Crippen molar-refractivity contribution in [3.8, 4) is 0 Å². The highest BCUT2D eigenvalue weighted by atomic mass is 19.2. The van der Waals surface area contributed by atoms with Gasteiger partial charge in [-0.15, -0.1) is 0 Å². The minimum atomic E-state index is -2.12. The van der Waals surface area contributed by atoms with Gasteiger partial charge in [-0.1, -0.05) is 0 Å². The summed E-state index contributed by atoms with van der Waals surface area (Å²) in [6, 6.07) is 0. The molecule has 0 amide bonds. The summed E-state index contributed by atoms with van der Waals surface area (Å²) in [6.45, 7) is 1.52. The molecule has 2 rings (SSSR count). The lowest BCUT2D eigenvalue weighted by atomic mass is 10.1. The Morgan fingerprint density at radius 3 is 1.72 bits per heavy atom. The Bertz CT molecular complexity index is 430. The van der Waals surface area contributed by atoms with Crippen molar-refractivity contribution in [3.05, 3.63) is 34.6 Å². The number of nitrogens with one attached hydrogen (secondary N) is 1. The monoisotopic (exact) mass is 268 g/mol. The molecule has 1 saturated heterocycles. The van der Waals surface area contributed by atoms with Gasteiger partial charge in [-0.05, 0) is 0 Å². The molecule has 1 aromatic carbocycles. The molecule has 0 atom stereocenters. The van der Waals surface area contributed by atoms with Crippen molar-refractivity contribution in [1.29, 1.82) is 0 Å². The van der Waals surface area contributed by atoms with Gasteiger partial charge in [-0.3, -0.25) is 0 Å². The number of halogens is 5. The Morgan fingerprint density at radius 1 is 0.778 bits per heavy atom. The normalized spacial score (nSPS) is 17.2. The first-order chi connectivity index (χ1) is 8.52. The largest absolute Gasteiger partial charge is 0.370 e. The number of rotatable bonds is 2. The van der Waals surface area contributed by atoms with Crippen LogP contribution in [0.3, 0.4) is 0 Å². The van der Waals surface area contributed by atoms with E-state index < -0.39 is 34.6 Å². The van der Waals surface area contributed by atoms with Crippen LogP contribution in [0.5, 0.6) is 0 Å². The predicted octanol–water partition coefficient (Wildman–Crippen LogP) is 0.797. The Hall–Kier alpha value is -1.21. The van der Waals surface area contributed by atoms with Crippen LogP contribution in [0.25, 0.3) is 0 Å². The molecule has 1 N–H and O–H groups in total. The van der Waals surface area contributed by atoms with Crippen LogP contribution < -0.4 is 4.90 Å². The summed E-state index contributed by atoms with van der Waals surface area (Å²) in [5.41, 5.74) is -0.761. The van der Waals surface area contributed by atoms with E-state index in [1.165, 1.54) is 0 Å². The molecule has 0 spiro atoms. The SMILES string of the molecule is Fc1c(F)c(F)c(C[NH+]2CCOCC2)c(F)c1F. The van der Waals surface area contributed by atoms with Crippen molar-refractivity contribution < 1.29 is 31.6 Å². The third kappa shape index (κ3) is 2.32. The van der Waals surface area contributed by atoms with Crippen molar-refractivity contribution in [1.82, 2.24) is 0 Å². The second-order valence-electron chi connectivity index (χ2n) is 4.09. The number of benzene rings is 1. The van der Waals surface area contributed by atoms with E-state index >= 15 is 0 Å². The summed E-state index contributed by atoms with van der Waals surface area (Å²) < 4.78 is 70.6. The van der Waals surface area contributed by atoms with E-state index in [0.717, 1.165) is 4.90 Å². The van der Waals surface area contributed by atoms with Crippen LogP contribution in [0.1, 0.15) is 5.56 Å². The van der Waals surface area contributed by atoms with E-state index in [2.05, 4.69) is 0 Å². The molecular formula is C11H11F5NO+. The number of hydrogen-bond donors (Lipinski definition) is 1. The Labute approximate surface area is 100.0 Å². The first-order valence-corrected chi connectivity index (χ1v) is 5.44. The third-order valence-corrected chi connectivity index (χ3v) is 2.93. The quantitative estimate of drug-likeness (QED) is 0.476. The second kappa shape index (κ2) is 5.19. The topological polar surface area (TPSA) is 13.7 Å². The average Bonchev–Trinajstić information content (AvgIpc) is 2.40. The van der Waals surface area contributed by atoms with Gasteiger partial charge in [0.2, 0.25) is 5.82 Å². The fourth-order valence-corrected chi connectivity index (χ4v) is 1.89. The molecule has 100 valence electrons. The summed E-state index contributed by atoms with van der Waals surface area (Å²) >= 11 is 0. The predicted molar refractivity (Wildman–Crippen MR) is 51.5 cm³/mol. The molecule has 18 heavy (non-hydrogen) atoms. The lowest BCUT2D eigenvalue weighted by Crippen LogP contribution is -3.12. The van der Waals surface area contributed by atoms with Crippen LogP contribution in [0.15, 0.2) is 0 Å². The molecule has 0 unspecified atom stereocenters. The third-order valence-electron chi connectivity index (χ3n) is 2.93. The molecule has 0 radical (unpaired) electrons. The molecule has 1 aliphatic rings. The molecule has 0 bridgehead atoms. The summed E-state index contributed by atoms with van der Waals surface area (Å²) in [5.74, 6) is -9.39. The zero-order chi connectivity index (χ0) is 13.3. The van der Waals surface area contributed by atoms with Gasteiger partial charge >= 0.3 is 0 Å². The van der Waals surface area contributed by atoms with Crippen LogP contribution in [-0.4, -0.2) is 26.3 Å². The van der Waals surface area contributed by atoms with E-state index in [0.29, 0.717) is 26.3 Å². The highest BCUT2D eigenvalue weighted by Crippen LogP contribution is 2.22.